The Morgan fingerprint density at radius 2 is 1.81 bits per heavy atom. The Labute approximate surface area is 148 Å². The molecule has 0 spiro atoms. The van der Waals surface area contributed by atoms with E-state index in [1.54, 1.807) is 0 Å². The van der Waals surface area contributed by atoms with Gasteiger partial charge in [0.15, 0.2) is 16.4 Å². The molecule has 0 aromatic heterocycles. The van der Waals surface area contributed by atoms with Crippen molar-refractivity contribution in [2.45, 2.75) is 11.8 Å². The van der Waals surface area contributed by atoms with Crippen molar-refractivity contribution >= 4 is 27.4 Å². The van der Waals surface area contributed by atoms with E-state index in [1.165, 1.54) is 31.2 Å². The summed E-state index contributed by atoms with van der Waals surface area (Å²) in [5.74, 6) is -3.74. The number of sulfone groups is 1. The predicted octanol–water partition coefficient (Wildman–Crippen LogP) is 2.55. The lowest BCUT2D eigenvalue weighted by Gasteiger charge is -2.10. The van der Waals surface area contributed by atoms with Crippen molar-refractivity contribution in [1.82, 2.24) is 0 Å². The second-order valence-electron chi connectivity index (χ2n) is 5.15. The van der Waals surface area contributed by atoms with Crippen LogP contribution in [0.1, 0.15) is 17.3 Å². The minimum absolute atomic E-state index is 0.205. The van der Waals surface area contributed by atoms with Gasteiger partial charge in [-0.15, -0.1) is 0 Å². The van der Waals surface area contributed by atoms with E-state index >= 15 is 0 Å². The zero-order valence-corrected chi connectivity index (χ0v) is 14.5. The van der Waals surface area contributed by atoms with Gasteiger partial charge in [-0.1, -0.05) is 19.1 Å². The van der Waals surface area contributed by atoms with Crippen LogP contribution < -0.4 is 5.32 Å². The standard InChI is InChI=1S/C17H15F2NO5S/c1-2-26(23,24)15-6-4-3-5-12(15)17(22)25-10-16(21)20-14-9-11(18)7-8-13(14)19/h3-9H,2,10H2,1H3,(H,20,21). The molecule has 26 heavy (non-hydrogen) atoms. The van der Waals surface area contributed by atoms with Crippen LogP contribution in [0.25, 0.3) is 0 Å². The van der Waals surface area contributed by atoms with Crippen molar-refractivity contribution in [2.75, 3.05) is 17.7 Å². The second kappa shape index (κ2) is 8.05. The number of carbonyl (C=O) groups excluding carboxylic acids is 2. The monoisotopic (exact) mass is 383 g/mol. The fourth-order valence-corrected chi connectivity index (χ4v) is 3.13. The first-order chi connectivity index (χ1) is 12.2. The fraction of sp³-hybridized carbons (Fsp3) is 0.176. The molecule has 138 valence electrons. The summed E-state index contributed by atoms with van der Waals surface area (Å²) < 4.78 is 55.3. The number of anilines is 1. The van der Waals surface area contributed by atoms with Gasteiger partial charge in [0, 0.05) is 6.07 Å². The minimum Gasteiger partial charge on any atom is -0.452 e. The van der Waals surface area contributed by atoms with Gasteiger partial charge in [-0.2, -0.15) is 0 Å². The van der Waals surface area contributed by atoms with E-state index in [0.29, 0.717) is 0 Å². The fourth-order valence-electron chi connectivity index (χ4n) is 2.05. The van der Waals surface area contributed by atoms with E-state index in [-0.39, 0.29) is 16.2 Å². The van der Waals surface area contributed by atoms with Gasteiger partial charge in [0.25, 0.3) is 5.91 Å². The van der Waals surface area contributed by atoms with Crippen LogP contribution in [-0.4, -0.2) is 32.7 Å². The predicted molar refractivity (Wildman–Crippen MR) is 89.4 cm³/mol. The van der Waals surface area contributed by atoms with Gasteiger partial charge in [0.05, 0.1) is 21.9 Å². The SMILES string of the molecule is CCS(=O)(=O)c1ccccc1C(=O)OCC(=O)Nc1cc(F)ccc1F. The molecule has 0 fully saturated rings. The Morgan fingerprint density at radius 1 is 1.12 bits per heavy atom. The van der Waals surface area contributed by atoms with Crippen molar-refractivity contribution in [3.63, 3.8) is 0 Å². The average molecular weight is 383 g/mol. The van der Waals surface area contributed by atoms with Crippen LogP contribution in [0, 0.1) is 11.6 Å². The van der Waals surface area contributed by atoms with Crippen LogP contribution in [0.15, 0.2) is 47.4 Å². The molecule has 2 rings (SSSR count). The highest BCUT2D eigenvalue weighted by Gasteiger charge is 2.22. The average Bonchev–Trinajstić information content (AvgIpc) is 2.62. The van der Waals surface area contributed by atoms with Gasteiger partial charge in [-0.25, -0.2) is 22.0 Å². The van der Waals surface area contributed by atoms with E-state index in [9.17, 15) is 26.8 Å². The zero-order valence-electron chi connectivity index (χ0n) is 13.7. The van der Waals surface area contributed by atoms with E-state index in [2.05, 4.69) is 5.32 Å². The molecule has 0 aliphatic rings. The Morgan fingerprint density at radius 3 is 2.50 bits per heavy atom. The van der Waals surface area contributed by atoms with Crippen LogP contribution >= 0.6 is 0 Å². The van der Waals surface area contributed by atoms with Gasteiger partial charge < -0.3 is 10.1 Å². The third-order valence-corrected chi connectivity index (χ3v) is 5.15. The lowest BCUT2D eigenvalue weighted by molar-refractivity contribution is -0.119. The van der Waals surface area contributed by atoms with Gasteiger partial charge >= 0.3 is 5.97 Å². The number of esters is 1. The molecule has 2 aromatic rings. The topological polar surface area (TPSA) is 89.5 Å². The normalized spacial score (nSPS) is 11.0. The maximum atomic E-state index is 13.5. The molecule has 0 aliphatic carbocycles. The molecule has 0 radical (unpaired) electrons. The van der Waals surface area contributed by atoms with Crippen molar-refractivity contribution in [3.8, 4) is 0 Å². The number of hydrogen-bond donors (Lipinski definition) is 1. The molecule has 1 N–H and O–H groups in total. The number of benzene rings is 2. The molecule has 0 atom stereocenters. The number of ether oxygens (including phenoxy) is 1. The summed E-state index contributed by atoms with van der Waals surface area (Å²) in [6, 6.07) is 7.93. The first-order valence-electron chi connectivity index (χ1n) is 7.48. The largest absolute Gasteiger partial charge is 0.452 e. The molecule has 9 heteroatoms. The molecular weight excluding hydrogens is 368 g/mol. The molecule has 0 saturated heterocycles. The Balaban J connectivity index is 2.08. The van der Waals surface area contributed by atoms with E-state index in [1.807, 2.05) is 0 Å². The molecule has 0 aliphatic heterocycles. The minimum atomic E-state index is -3.66. The van der Waals surface area contributed by atoms with Gasteiger partial charge in [0.2, 0.25) is 0 Å². The highest BCUT2D eigenvalue weighted by Crippen LogP contribution is 2.18. The van der Waals surface area contributed by atoms with Gasteiger partial charge in [-0.3, -0.25) is 4.79 Å². The van der Waals surface area contributed by atoms with Crippen molar-refractivity contribution in [1.29, 1.82) is 0 Å². The maximum absolute atomic E-state index is 13.5. The van der Waals surface area contributed by atoms with E-state index in [0.717, 1.165) is 18.2 Å². The van der Waals surface area contributed by atoms with Crippen LogP contribution in [0.2, 0.25) is 0 Å². The molecule has 6 nitrogen and oxygen atoms in total. The highest BCUT2D eigenvalue weighted by molar-refractivity contribution is 7.91. The smallest absolute Gasteiger partial charge is 0.339 e. The molecule has 0 heterocycles. The van der Waals surface area contributed by atoms with E-state index in [4.69, 9.17) is 4.74 Å². The van der Waals surface area contributed by atoms with Crippen LogP contribution in [0.4, 0.5) is 14.5 Å². The Kier molecular flexibility index (Phi) is 6.04. The number of carbonyl (C=O) groups is 2. The summed E-state index contributed by atoms with van der Waals surface area (Å²) in [5, 5.41) is 2.06. The van der Waals surface area contributed by atoms with Crippen LogP contribution in [0.5, 0.6) is 0 Å². The number of halogens is 2. The molecule has 0 saturated carbocycles. The lowest BCUT2D eigenvalue weighted by atomic mass is 10.2. The number of rotatable bonds is 6. The first-order valence-corrected chi connectivity index (χ1v) is 9.13. The summed E-state index contributed by atoms with van der Waals surface area (Å²) in [6.45, 7) is 0.633. The van der Waals surface area contributed by atoms with Crippen molar-refractivity contribution < 1.29 is 31.5 Å². The first kappa shape index (κ1) is 19.5. The van der Waals surface area contributed by atoms with E-state index < -0.39 is 45.6 Å². The van der Waals surface area contributed by atoms with Crippen molar-refractivity contribution in [2.24, 2.45) is 0 Å². The Hall–Kier alpha value is -2.81. The number of nitrogens with one attached hydrogen (secondary N) is 1. The molecule has 1 amide bonds. The number of hydrogen-bond acceptors (Lipinski definition) is 5. The lowest BCUT2D eigenvalue weighted by Crippen LogP contribution is -2.22. The molecule has 0 unspecified atom stereocenters. The Bertz CT molecular complexity index is 944. The van der Waals surface area contributed by atoms with Gasteiger partial charge in [-0.05, 0) is 24.3 Å². The van der Waals surface area contributed by atoms with Crippen LogP contribution in [-0.2, 0) is 19.4 Å². The third kappa shape index (κ3) is 4.63. The quantitative estimate of drug-likeness (QED) is 0.775. The second-order valence-corrected chi connectivity index (χ2v) is 7.39. The summed E-state index contributed by atoms with van der Waals surface area (Å²) >= 11 is 0. The highest BCUT2D eigenvalue weighted by atomic mass is 32.2. The molecule has 2 aromatic carbocycles. The molecular formula is C17H15F2NO5S. The van der Waals surface area contributed by atoms with Gasteiger partial charge in [0.1, 0.15) is 11.6 Å². The summed E-state index contributed by atoms with van der Waals surface area (Å²) in [7, 11) is -3.66. The number of amides is 1. The van der Waals surface area contributed by atoms with Crippen molar-refractivity contribution in [3.05, 3.63) is 59.7 Å². The zero-order chi connectivity index (χ0) is 19.3. The maximum Gasteiger partial charge on any atom is 0.339 e. The van der Waals surface area contributed by atoms with Crippen LogP contribution in [0.3, 0.4) is 0 Å². The summed E-state index contributed by atoms with van der Waals surface area (Å²) in [4.78, 5) is 23.7. The third-order valence-electron chi connectivity index (χ3n) is 3.36. The summed E-state index contributed by atoms with van der Waals surface area (Å²) in [6.07, 6.45) is 0. The summed E-state index contributed by atoms with van der Waals surface area (Å²) in [5.41, 5.74) is -0.612. The molecule has 0 bridgehead atoms.